The largest absolute Gasteiger partial charge is 0.369 e. The second-order valence-electron chi connectivity index (χ2n) is 5.28. The molecule has 2 rings (SSSR count). The highest BCUT2D eigenvalue weighted by atomic mass is 32.2. The molecule has 0 radical (unpaired) electrons. The first-order valence-electron chi connectivity index (χ1n) is 7.42. The monoisotopic (exact) mass is 278 g/mol. The molecular weight excluding hydrogens is 252 g/mol. The summed E-state index contributed by atoms with van der Waals surface area (Å²) in [5, 5.41) is 0. The second-order valence-corrected chi connectivity index (χ2v) is 6.36. The molecule has 0 bridgehead atoms. The zero-order chi connectivity index (χ0) is 13.5. The van der Waals surface area contributed by atoms with Crippen molar-refractivity contribution in [3.63, 3.8) is 0 Å². The Balaban J connectivity index is 1.75. The van der Waals surface area contributed by atoms with E-state index in [-0.39, 0.29) is 0 Å². The van der Waals surface area contributed by atoms with Crippen LogP contribution in [0, 0.1) is 6.92 Å². The van der Waals surface area contributed by atoms with Crippen molar-refractivity contribution < 1.29 is 0 Å². The van der Waals surface area contributed by atoms with E-state index in [0.29, 0.717) is 0 Å². The van der Waals surface area contributed by atoms with E-state index in [4.69, 9.17) is 0 Å². The van der Waals surface area contributed by atoms with Crippen LogP contribution in [0.5, 0.6) is 0 Å². The maximum absolute atomic E-state index is 2.59. The van der Waals surface area contributed by atoms with E-state index in [0.717, 1.165) is 0 Å². The van der Waals surface area contributed by atoms with Gasteiger partial charge < -0.3 is 4.90 Å². The van der Waals surface area contributed by atoms with Crippen molar-refractivity contribution in [3.05, 3.63) is 29.8 Å². The molecule has 0 saturated carbocycles. The van der Waals surface area contributed by atoms with Gasteiger partial charge in [-0.15, -0.1) is 11.8 Å². The summed E-state index contributed by atoms with van der Waals surface area (Å²) in [6.07, 6.45) is 2.67. The van der Waals surface area contributed by atoms with E-state index in [2.05, 4.69) is 59.7 Å². The van der Waals surface area contributed by atoms with E-state index in [1.54, 1.807) is 0 Å². The normalized spacial score (nSPS) is 16.8. The van der Waals surface area contributed by atoms with E-state index < -0.39 is 0 Å². The molecule has 0 N–H and O–H groups in total. The highest BCUT2D eigenvalue weighted by Gasteiger charge is 2.17. The van der Waals surface area contributed by atoms with Crippen molar-refractivity contribution >= 4 is 17.4 Å². The number of benzene rings is 1. The quantitative estimate of drug-likeness (QED) is 0.734. The lowest BCUT2D eigenvalue weighted by atomic mass is 10.1. The first kappa shape index (κ1) is 14.7. The van der Waals surface area contributed by atoms with Crippen LogP contribution in [0.2, 0.25) is 0 Å². The van der Waals surface area contributed by atoms with Gasteiger partial charge in [0.25, 0.3) is 0 Å². The minimum absolute atomic E-state index is 1.17. The van der Waals surface area contributed by atoms with Gasteiger partial charge in [-0.25, -0.2) is 0 Å². The number of hydrogen-bond donors (Lipinski definition) is 0. The number of para-hydroxylation sites is 1. The molecule has 0 spiro atoms. The Morgan fingerprint density at radius 3 is 2.53 bits per heavy atom. The molecule has 1 fully saturated rings. The number of hydrogen-bond acceptors (Lipinski definition) is 3. The molecule has 0 aliphatic carbocycles. The topological polar surface area (TPSA) is 6.48 Å². The average molecular weight is 278 g/mol. The van der Waals surface area contributed by atoms with Crippen LogP contribution in [-0.4, -0.2) is 42.7 Å². The van der Waals surface area contributed by atoms with Gasteiger partial charge in [0.2, 0.25) is 0 Å². The Morgan fingerprint density at radius 2 is 1.84 bits per heavy atom. The first-order valence-corrected chi connectivity index (χ1v) is 8.57. The minimum atomic E-state index is 1.17. The van der Waals surface area contributed by atoms with E-state index >= 15 is 0 Å². The number of nitrogens with zero attached hydrogens (tertiary/aromatic N) is 2. The molecule has 0 amide bonds. The van der Waals surface area contributed by atoms with Crippen LogP contribution in [0.3, 0.4) is 0 Å². The third kappa shape index (κ3) is 4.43. The second kappa shape index (κ2) is 7.81. The third-order valence-electron chi connectivity index (χ3n) is 3.74. The highest BCUT2D eigenvalue weighted by Crippen LogP contribution is 2.21. The Kier molecular flexibility index (Phi) is 6.05. The molecule has 1 heterocycles. The van der Waals surface area contributed by atoms with Crippen LogP contribution >= 0.6 is 11.8 Å². The summed E-state index contributed by atoms with van der Waals surface area (Å²) < 4.78 is 0. The number of piperazine rings is 1. The summed E-state index contributed by atoms with van der Waals surface area (Å²) in [4.78, 5) is 5.12. The molecule has 1 saturated heterocycles. The highest BCUT2D eigenvalue weighted by molar-refractivity contribution is 7.99. The predicted octanol–water partition coefficient (Wildman–Crippen LogP) is 3.61. The zero-order valence-electron chi connectivity index (χ0n) is 12.3. The molecule has 1 aliphatic heterocycles. The number of unbranched alkanes of at least 4 members (excludes halogenated alkanes) is 1. The van der Waals surface area contributed by atoms with Gasteiger partial charge in [-0.05, 0) is 30.7 Å². The molecule has 0 unspecified atom stereocenters. The van der Waals surface area contributed by atoms with Crippen LogP contribution in [0.4, 0.5) is 5.69 Å². The van der Waals surface area contributed by atoms with Crippen molar-refractivity contribution in [2.75, 3.05) is 42.7 Å². The van der Waals surface area contributed by atoms with Crippen LogP contribution < -0.4 is 4.90 Å². The van der Waals surface area contributed by atoms with Gasteiger partial charge in [-0.3, -0.25) is 4.90 Å². The van der Waals surface area contributed by atoms with Crippen molar-refractivity contribution in [2.45, 2.75) is 26.7 Å². The van der Waals surface area contributed by atoms with E-state index in [1.165, 1.54) is 61.9 Å². The van der Waals surface area contributed by atoms with Gasteiger partial charge in [0.05, 0.1) is 0 Å². The molecule has 0 atom stereocenters. The maximum Gasteiger partial charge on any atom is 0.0445 e. The summed E-state index contributed by atoms with van der Waals surface area (Å²) in [7, 11) is 0. The smallest absolute Gasteiger partial charge is 0.0445 e. The number of rotatable bonds is 6. The lowest BCUT2D eigenvalue weighted by Crippen LogP contribution is -2.46. The molecule has 1 aromatic carbocycles. The Labute approximate surface area is 122 Å². The van der Waals surface area contributed by atoms with Crippen molar-refractivity contribution in [3.8, 4) is 0 Å². The molecule has 106 valence electrons. The Hall–Kier alpha value is -0.670. The first-order chi connectivity index (χ1) is 9.31. The summed E-state index contributed by atoms with van der Waals surface area (Å²) >= 11 is 2.09. The van der Waals surface area contributed by atoms with Gasteiger partial charge in [-0.1, -0.05) is 31.5 Å². The Bertz CT molecular complexity index is 373. The maximum atomic E-state index is 2.59. The van der Waals surface area contributed by atoms with E-state index in [9.17, 15) is 0 Å². The average Bonchev–Trinajstić information content (AvgIpc) is 2.45. The molecule has 0 aromatic heterocycles. The number of anilines is 1. The molecular formula is C16H26N2S. The van der Waals surface area contributed by atoms with Gasteiger partial charge in [0.1, 0.15) is 0 Å². The molecule has 2 nitrogen and oxygen atoms in total. The van der Waals surface area contributed by atoms with Crippen LogP contribution in [-0.2, 0) is 0 Å². The number of thioether (sulfide) groups is 1. The lowest BCUT2D eigenvalue weighted by molar-refractivity contribution is 0.300. The number of aryl methyl sites for hydroxylation is 1. The van der Waals surface area contributed by atoms with Gasteiger partial charge in [0, 0.05) is 37.7 Å². The molecule has 1 aliphatic rings. The molecule has 1 aromatic rings. The van der Waals surface area contributed by atoms with Crippen LogP contribution in [0.25, 0.3) is 0 Å². The fourth-order valence-corrected chi connectivity index (χ4v) is 3.61. The van der Waals surface area contributed by atoms with Crippen LogP contribution in [0.15, 0.2) is 24.3 Å². The lowest BCUT2D eigenvalue weighted by Gasteiger charge is -2.36. The van der Waals surface area contributed by atoms with Crippen molar-refractivity contribution in [1.29, 1.82) is 0 Å². The van der Waals surface area contributed by atoms with Gasteiger partial charge in [-0.2, -0.15) is 0 Å². The Morgan fingerprint density at radius 1 is 1.11 bits per heavy atom. The fourth-order valence-electron chi connectivity index (χ4n) is 2.48. The summed E-state index contributed by atoms with van der Waals surface area (Å²) in [5.41, 5.74) is 2.81. The summed E-state index contributed by atoms with van der Waals surface area (Å²) in [6, 6.07) is 8.73. The summed E-state index contributed by atoms with van der Waals surface area (Å²) in [6.45, 7) is 9.21. The standard InChI is InChI=1S/C16H26N2S/c1-3-4-13-19-14-17-9-11-18(12-10-17)16-8-6-5-7-15(16)2/h5-8H,3-4,9-14H2,1-2H3. The fraction of sp³-hybridized carbons (Fsp3) is 0.625. The minimum Gasteiger partial charge on any atom is -0.369 e. The molecule has 3 heteroatoms. The molecule has 19 heavy (non-hydrogen) atoms. The third-order valence-corrected chi connectivity index (χ3v) is 4.87. The predicted molar refractivity (Wildman–Crippen MR) is 87.2 cm³/mol. The van der Waals surface area contributed by atoms with Crippen LogP contribution in [0.1, 0.15) is 25.3 Å². The van der Waals surface area contributed by atoms with Crippen molar-refractivity contribution in [1.82, 2.24) is 4.90 Å². The van der Waals surface area contributed by atoms with Crippen molar-refractivity contribution in [2.24, 2.45) is 0 Å². The SMILES string of the molecule is CCCCSCN1CCN(c2ccccc2C)CC1. The van der Waals surface area contributed by atoms with Gasteiger partial charge >= 0.3 is 0 Å². The van der Waals surface area contributed by atoms with E-state index in [1.807, 2.05) is 0 Å². The summed E-state index contributed by atoms with van der Waals surface area (Å²) in [5.74, 6) is 2.52. The zero-order valence-corrected chi connectivity index (χ0v) is 13.1. The van der Waals surface area contributed by atoms with Gasteiger partial charge in [0.15, 0.2) is 0 Å².